The molecule has 0 spiro atoms. The van der Waals surface area contributed by atoms with E-state index in [1.54, 1.807) is 24.4 Å². The number of hydrogen-bond donors (Lipinski definition) is 1. The van der Waals surface area contributed by atoms with Crippen LogP contribution < -0.4 is 0 Å². The van der Waals surface area contributed by atoms with E-state index in [1.807, 2.05) is 30.3 Å². The monoisotopic (exact) mass is 231 g/mol. The van der Waals surface area contributed by atoms with Gasteiger partial charge in [0.25, 0.3) is 0 Å². The Balaban J connectivity index is 2.31. The number of halogens is 1. The lowest BCUT2D eigenvalue weighted by Crippen LogP contribution is -1.83. The Labute approximate surface area is 98.8 Å². The number of nitrogens with zero attached hydrogens (tertiary/aromatic N) is 1. The van der Waals surface area contributed by atoms with Gasteiger partial charge in [0.05, 0.1) is 16.3 Å². The van der Waals surface area contributed by atoms with Gasteiger partial charge in [0, 0.05) is 6.21 Å². The Kier molecular flexibility index (Phi) is 3.22. The molecule has 0 saturated heterocycles. The quantitative estimate of drug-likeness (QED) is 0.784. The number of para-hydroxylation sites is 1. The van der Waals surface area contributed by atoms with E-state index in [0.717, 1.165) is 5.69 Å². The highest BCUT2D eigenvalue weighted by molar-refractivity contribution is 6.33. The summed E-state index contributed by atoms with van der Waals surface area (Å²) >= 11 is 5.94. The molecule has 0 fully saturated rings. The molecule has 0 radical (unpaired) electrons. The van der Waals surface area contributed by atoms with Crippen molar-refractivity contribution < 1.29 is 5.11 Å². The first-order valence-electron chi connectivity index (χ1n) is 4.84. The molecule has 2 aromatic rings. The molecule has 0 aromatic heterocycles. The Morgan fingerprint density at radius 3 is 2.44 bits per heavy atom. The third kappa shape index (κ3) is 2.41. The van der Waals surface area contributed by atoms with Crippen LogP contribution in [-0.4, -0.2) is 11.3 Å². The molecule has 0 unspecified atom stereocenters. The minimum absolute atomic E-state index is 0.132. The van der Waals surface area contributed by atoms with Gasteiger partial charge >= 0.3 is 0 Å². The van der Waals surface area contributed by atoms with Gasteiger partial charge in [-0.1, -0.05) is 35.9 Å². The predicted octanol–water partition coefficient (Wildman–Crippen LogP) is 3.80. The van der Waals surface area contributed by atoms with Crippen molar-refractivity contribution in [2.24, 2.45) is 4.99 Å². The second kappa shape index (κ2) is 4.81. The Bertz CT molecular complexity index is 488. The summed E-state index contributed by atoms with van der Waals surface area (Å²) in [7, 11) is 0. The van der Waals surface area contributed by atoms with Crippen molar-refractivity contribution >= 4 is 23.5 Å². The minimum Gasteiger partial charge on any atom is -0.507 e. The maximum atomic E-state index is 9.59. The maximum absolute atomic E-state index is 9.59. The predicted molar refractivity (Wildman–Crippen MR) is 66.8 cm³/mol. The largest absolute Gasteiger partial charge is 0.507 e. The van der Waals surface area contributed by atoms with Crippen LogP contribution in [0.25, 0.3) is 0 Å². The molecular weight excluding hydrogens is 222 g/mol. The highest BCUT2D eigenvalue weighted by Gasteiger charge is 2.02. The number of aliphatic imine (C=N–C) groups is 1. The van der Waals surface area contributed by atoms with Gasteiger partial charge in [0.2, 0.25) is 0 Å². The van der Waals surface area contributed by atoms with Crippen LogP contribution in [0.15, 0.2) is 53.5 Å². The average molecular weight is 232 g/mol. The molecule has 2 nitrogen and oxygen atoms in total. The molecule has 0 saturated carbocycles. The summed E-state index contributed by atoms with van der Waals surface area (Å²) in [4.78, 5) is 4.23. The Morgan fingerprint density at radius 2 is 1.75 bits per heavy atom. The van der Waals surface area contributed by atoms with Crippen molar-refractivity contribution in [3.8, 4) is 5.75 Å². The summed E-state index contributed by atoms with van der Waals surface area (Å²) in [6.07, 6.45) is 1.56. The third-order valence-corrected chi connectivity index (χ3v) is 2.46. The zero-order valence-electron chi connectivity index (χ0n) is 8.47. The van der Waals surface area contributed by atoms with E-state index in [9.17, 15) is 5.11 Å². The van der Waals surface area contributed by atoms with Crippen molar-refractivity contribution in [1.29, 1.82) is 0 Å². The van der Waals surface area contributed by atoms with Crippen LogP contribution in [0.3, 0.4) is 0 Å². The molecule has 0 bridgehead atoms. The molecule has 80 valence electrons. The van der Waals surface area contributed by atoms with E-state index in [1.165, 1.54) is 0 Å². The van der Waals surface area contributed by atoms with E-state index in [2.05, 4.69) is 4.99 Å². The van der Waals surface area contributed by atoms with Crippen LogP contribution in [0.1, 0.15) is 5.56 Å². The molecule has 0 atom stereocenters. The van der Waals surface area contributed by atoms with E-state index < -0.39 is 0 Å². The molecule has 0 aliphatic carbocycles. The molecule has 2 rings (SSSR count). The fourth-order valence-corrected chi connectivity index (χ4v) is 1.52. The van der Waals surface area contributed by atoms with Crippen molar-refractivity contribution in [3.63, 3.8) is 0 Å². The van der Waals surface area contributed by atoms with Crippen molar-refractivity contribution in [2.75, 3.05) is 0 Å². The molecule has 2 aromatic carbocycles. The fraction of sp³-hybridized carbons (Fsp3) is 0. The number of benzene rings is 2. The summed E-state index contributed by atoms with van der Waals surface area (Å²) < 4.78 is 0. The van der Waals surface area contributed by atoms with Gasteiger partial charge in [-0.2, -0.15) is 0 Å². The van der Waals surface area contributed by atoms with Gasteiger partial charge in [0.1, 0.15) is 5.75 Å². The fourth-order valence-electron chi connectivity index (χ4n) is 1.31. The maximum Gasteiger partial charge on any atom is 0.125 e. The van der Waals surface area contributed by atoms with Gasteiger partial charge in [0.15, 0.2) is 0 Å². The van der Waals surface area contributed by atoms with E-state index >= 15 is 0 Å². The van der Waals surface area contributed by atoms with Crippen molar-refractivity contribution in [1.82, 2.24) is 0 Å². The van der Waals surface area contributed by atoms with Gasteiger partial charge in [-0.25, -0.2) is 0 Å². The zero-order valence-corrected chi connectivity index (χ0v) is 9.22. The normalized spacial score (nSPS) is 10.8. The van der Waals surface area contributed by atoms with E-state index in [0.29, 0.717) is 10.6 Å². The van der Waals surface area contributed by atoms with Crippen molar-refractivity contribution in [3.05, 3.63) is 59.1 Å². The van der Waals surface area contributed by atoms with Crippen LogP contribution in [0.2, 0.25) is 5.02 Å². The van der Waals surface area contributed by atoms with Crippen LogP contribution in [0, 0.1) is 0 Å². The summed E-state index contributed by atoms with van der Waals surface area (Å²) in [5, 5.41) is 10.1. The number of phenolic OH excluding ortho intramolecular Hbond substituents is 1. The zero-order chi connectivity index (χ0) is 11.4. The molecule has 0 aliphatic rings. The standard InChI is InChI=1S/C13H10ClNO/c14-12-7-4-8-13(16)11(12)9-15-10-5-2-1-3-6-10/h1-9,16H. The van der Waals surface area contributed by atoms with Crippen molar-refractivity contribution in [2.45, 2.75) is 0 Å². The Hall–Kier alpha value is -1.80. The summed E-state index contributed by atoms with van der Waals surface area (Å²) in [5.41, 5.74) is 1.36. The minimum atomic E-state index is 0.132. The van der Waals surface area contributed by atoms with Gasteiger partial charge in [-0.3, -0.25) is 4.99 Å². The van der Waals surface area contributed by atoms with Crippen LogP contribution >= 0.6 is 11.6 Å². The van der Waals surface area contributed by atoms with Gasteiger partial charge in [-0.05, 0) is 24.3 Å². The highest BCUT2D eigenvalue weighted by Crippen LogP contribution is 2.24. The molecule has 0 amide bonds. The van der Waals surface area contributed by atoms with Gasteiger partial charge in [-0.15, -0.1) is 0 Å². The highest BCUT2D eigenvalue weighted by atomic mass is 35.5. The molecule has 16 heavy (non-hydrogen) atoms. The van der Waals surface area contributed by atoms with Crippen LogP contribution in [0.4, 0.5) is 5.69 Å². The smallest absolute Gasteiger partial charge is 0.125 e. The third-order valence-electron chi connectivity index (χ3n) is 2.13. The Morgan fingerprint density at radius 1 is 1.00 bits per heavy atom. The van der Waals surface area contributed by atoms with Crippen LogP contribution in [-0.2, 0) is 0 Å². The van der Waals surface area contributed by atoms with E-state index in [-0.39, 0.29) is 5.75 Å². The summed E-state index contributed by atoms with van der Waals surface area (Å²) in [6, 6.07) is 14.5. The number of phenols is 1. The number of rotatable bonds is 2. The molecule has 1 N–H and O–H groups in total. The van der Waals surface area contributed by atoms with Crippen LogP contribution in [0.5, 0.6) is 5.75 Å². The lowest BCUT2D eigenvalue weighted by molar-refractivity contribution is 0.474. The average Bonchev–Trinajstić information content (AvgIpc) is 2.30. The summed E-state index contributed by atoms with van der Waals surface area (Å²) in [5.74, 6) is 0.132. The summed E-state index contributed by atoms with van der Waals surface area (Å²) in [6.45, 7) is 0. The first-order chi connectivity index (χ1) is 7.77. The number of hydrogen-bond acceptors (Lipinski definition) is 2. The second-order valence-electron chi connectivity index (χ2n) is 3.27. The van der Waals surface area contributed by atoms with E-state index in [4.69, 9.17) is 11.6 Å². The first kappa shape index (κ1) is 10.7. The molecule has 0 heterocycles. The molecular formula is C13H10ClNO. The first-order valence-corrected chi connectivity index (χ1v) is 5.22. The second-order valence-corrected chi connectivity index (χ2v) is 3.67. The van der Waals surface area contributed by atoms with Gasteiger partial charge < -0.3 is 5.11 Å². The molecule has 0 aliphatic heterocycles. The lowest BCUT2D eigenvalue weighted by atomic mass is 10.2. The lowest BCUT2D eigenvalue weighted by Gasteiger charge is -2.00. The topological polar surface area (TPSA) is 32.6 Å². The number of aromatic hydroxyl groups is 1. The SMILES string of the molecule is Oc1cccc(Cl)c1C=Nc1ccccc1. The molecule has 3 heteroatoms.